The highest BCUT2D eigenvalue weighted by Gasteiger charge is 2.14. The highest BCUT2D eigenvalue weighted by Crippen LogP contribution is 2.10. The molecule has 0 saturated heterocycles. The molecule has 10 heteroatoms. The van der Waals surface area contributed by atoms with E-state index in [0.29, 0.717) is 29.5 Å². The summed E-state index contributed by atoms with van der Waals surface area (Å²) in [6.07, 6.45) is 4.83. The molecule has 1 aromatic carbocycles. The fraction of sp³-hybridized carbons (Fsp3) is 0.200. The average molecular weight is 405 g/mol. The van der Waals surface area contributed by atoms with Crippen LogP contribution in [0.25, 0.3) is 0 Å². The maximum atomic E-state index is 11.7. The van der Waals surface area contributed by atoms with Crippen LogP contribution < -0.4 is 5.32 Å². The van der Waals surface area contributed by atoms with Gasteiger partial charge in [0.05, 0.1) is 12.7 Å². The average Bonchev–Trinajstić information content (AvgIpc) is 3.18. The van der Waals surface area contributed by atoms with Crippen molar-refractivity contribution < 1.29 is 14.4 Å². The normalized spacial score (nSPS) is 10.9. The van der Waals surface area contributed by atoms with Crippen molar-refractivity contribution in [2.24, 2.45) is 12.2 Å². The van der Waals surface area contributed by atoms with E-state index in [1.807, 2.05) is 30.3 Å². The van der Waals surface area contributed by atoms with Crippen molar-refractivity contribution in [2.45, 2.75) is 13.0 Å². The molecule has 3 aromatic rings. The molecular formula is C20H19N7O3. The summed E-state index contributed by atoms with van der Waals surface area (Å²) in [5.74, 6) is 3.05. The summed E-state index contributed by atoms with van der Waals surface area (Å²) in [6.45, 7) is 0.205. The molecule has 1 amide bonds. The van der Waals surface area contributed by atoms with Gasteiger partial charge in [-0.25, -0.2) is 9.78 Å². The number of carbonyl (C=O) groups is 1. The lowest BCUT2D eigenvalue weighted by Crippen LogP contribution is -2.15. The number of nitrogens with one attached hydrogen (secondary N) is 1. The first-order chi connectivity index (χ1) is 14.7. The maximum Gasteiger partial charge on any atom is 0.412 e. The molecule has 0 atom stereocenters. The monoisotopic (exact) mass is 405 g/mol. The second kappa shape index (κ2) is 10.3. The SMILES string of the molecule is C#CCCOC(=O)Nc1cccc(CO/N=C(/c2ccccc2)c2nnn(C)n2)n1. The third-order valence-electron chi connectivity index (χ3n) is 3.65. The molecule has 0 aliphatic heterocycles. The van der Waals surface area contributed by atoms with E-state index in [1.54, 1.807) is 25.2 Å². The quantitative estimate of drug-likeness (QED) is 0.264. The van der Waals surface area contributed by atoms with Crippen LogP contribution >= 0.6 is 0 Å². The van der Waals surface area contributed by atoms with Crippen molar-refractivity contribution >= 4 is 17.6 Å². The number of tetrazole rings is 1. The molecule has 0 bridgehead atoms. The van der Waals surface area contributed by atoms with Gasteiger partial charge in [0.25, 0.3) is 0 Å². The van der Waals surface area contributed by atoms with Gasteiger partial charge in [0.1, 0.15) is 12.4 Å². The lowest BCUT2D eigenvalue weighted by atomic mass is 10.1. The van der Waals surface area contributed by atoms with Crippen molar-refractivity contribution in [3.05, 3.63) is 65.6 Å². The van der Waals surface area contributed by atoms with Crippen LogP contribution in [-0.2, 0) is 23.2 Å². The first-order valence-corrected chi connectivity index (χ1v) is 8.98. The van der Waals surface area contributed by atoms with Gasteiger partial charge in [0.2, 0.25) is 5.82 Å². The molecule has 0 spiro atoms. The summed E-state index contributed by atoms with van der Waals surface area (Å²) in [5.41, 5.74) is 1.78. The predicted octanol–water partition coefficient (Wildman–Crippen LogP) is 2.15. The van der Waals surface area contributed by atoms with E-state index in [9.17, 15) is 4.79 Å². The number of benzene rings is 1. The zero-order valence-corrected chi connectivity index (χ0v) is 16.2. The van der Waals surface area contributed by atoms with E-state index >= 15 is 0 Å². The number of aryl methyl sites for hydroxylation is 1. The Labute approximate surface area is 172 Å². The zero-order valence-electron chi connectivity index (χ0n) is 16.2. The Morgan fingerprint density at radius 1 is 1.23 bits per heavy atom. The molecule has 10 nitrogen and oxygen atoms in total. The smallest absolute Gasteiger partial charge is 0.412 e. The van der Waals surface area contributed by atoms with Crippen LogP contribution in [0.5, 0.6) is 0 Å². The number of anilines is 1. The summed E-state index contributed by atoms with van der Waals surface area (Å²) >= 11 is 0. The number of pyridine rings is 1. The third kappa shape index (κ3) is 5.87. The van der Waals surface area contributed by atoms with Gasteiger partial charge in [-0.05, 0) is 17.3 Å². The van der Waals surface area contributed by atoms with Gasteiger partial charge < -0.3 is 9.57 Å². The molecular weight excluding hydrogens is 386 g/mol. The summed E-state index contributed by atoms with van der Waals surface area (Å²) in [6, 6.07) is 14.5. The molecule has 0 aliphatic rings. The number of ether oxygens (including phenoxy) is 1. The van der Waals surface area contributed by atoms with Crippen LogP contribution in [0.4, 0.5) is 10.6 Å². The number of nitrogens with zero attached hydrogens (tertiary/aromatic N) is 6. The van der Waals surface area contributed by atoms with Crippen LogP contribution in [0.15, 0.2) is 53.7 Å². The Balaban J connectivity index is 1.67. The maximum absolute atomic E-state index is 11.7. The van der Waals surface area contributed by atoms with Gasteiger partial charge in [0.15, 0.2) is 12.3 Å². The Bertz CT molecular complexity index is 1060. The number of terminal acetylenes is 1. The van der Waals surface area contributed by atoms with Crippen LogP contribution in [0.2, 0.25) is 0 Å². The Morgan fingerprint density at radius 2 is 2.07 bits per heavy atom. The lowest BCUT2D eigenvalue weighted by molar-refractivity contribution is 0.128. The van der Waals surface area contributed by atoms with E-state index < -0.39 is 6.09 Å². The van der Waals surface area contributed by atoms with E-state index in [-0.39, 0.29) is 13.2 Å². The van der Waals surface area contributed by atoms with Gasteiger partial charge in [-0.15, -0.1) is 22.5 Å². The minimum absolute atomic E-state index is 0.0677. The Morgan fingerprint density at radius 3 is 2.80 bits per heavy atom. The number of amides is 1. The molecule has 0 saturated carbocycles. The first-order valence-electron chi connectivity index (χ1n) is 8.98. The van der Waals surface area contributed by atoms with Crippen molar-refractivity contribution in [1.82, 2.24) is 25.2 Å². The van der Waals surface area contributed by atoms with Gasteiger partial charge in [-0.1, -0.05) is 41.6 Å². The number of oxime groups is 1. The number of hydrogen-bond donors (Lipinski definition) is 1. The molecule has 30 heavy (non-hydrogen) atoms. The molecule has 0 unspecified atom stereocenters. The van der Waals surface area contributed by atoms with Crippen molar-refractivity contribution in [2.75, 3.05) is 11.9 Å². The van der Waals surface area contributed by atoms with Crippen LogP contribution in [0, 0.1) is 12.3 Å². The molecule has 0 aliphatic carbocycles. The molecule has 0 radical (unpaired) electrons. The lowest BCUT2D eigenvalue weighted by Gasteiger charge is -2.07. The van der Waals surface area contributed by atoms with Crippen molar-refractivity contribution in [3.63, 3.8) is 0 Å². The van der Waals surface area contributed by atoms with Gasteiger partial charge >= 0.3 is 6.09 Å². The van der Waals surface area contributed by atoms with Gasteiger partial charge in [-0.3, -0.25) is 5.32 Å². The third-order valence-corrected chi connectivity index (χ3v) is 3.65. The van der Waals surface area contributed by atoms with E-state index in [2.05, 4.69) is 36.8 Å². The minimum atomic E-state index is -0.631. The second-order valence-electron chi connectivity index (χ2n) is 5.91. The molecule has 2 heterocycles. The Kier molecular flexibility index (Phi) is 7.05. The number of aromatic nitrogens is 5. The fourth-order valence-electron chi connectivity index (χ4n) is 2.33. The largest absolute Gasteiger partial charge is 0.448 e. The molecule has 2 aromatic heterocycles. The van der Waals surface area contributed by atoms with E-state index in [1.165, 1.54) is 4.80 Å². The topological polar surface area (TPSA) is 116 Å². The predicted molar refractivity (Wildman–Crippen MR) is 108 cm³/mol. The van der Waals surface area contributed by atoms with Gasteiger partial charge in [-0.2, -0.15) is 4.80 Å². The highest BCUT2D eigenvalue weighted by atomic mass is 16.6. The summed E-state index contributed by atoms with van der Waals surface area (Å²) < 4.78 is 4.93. The van der Waals surface area contributed by atoms with Crippen LogP contribution in [-0.4, -0.2) is 43.6 Å². The summed E-state index contributed by atoms with van der Waals surface area (Å²) in [4.78, 5) is 22.8. The van der Waals surface area contributed by atoms with Crippen molar-refractivity contribution in [1.29, 1.82) is 0 Å². The zero-order chi connectivity index (χ0) is 21.2. The fourth-order valence-corrected chi connectivity index (χ4v) is 2.33. The number of hydrogen-bond acceptors (Lipinski definition) is 8. The summed E-state index contributed by atoms with van der Waals surface area (Å²) in [7, 11) is 1.67. The Hall–Kier alpha value is -4.26. The molecule has 0 fully saturated rings. The standard InChI is InChI=1S/C20H19N7O3/c1-3-4-13-29-20(28)22-17-12-8-11-16(21-17)14-30-25-18(15-9-6-5-7-10-15)19-23-26-27(2)24-19/h1,5-12H,4,13-14H2,2H3,(H,21,22,28)/b25-18-. The summed E-state index contributed by atoms with van der Waals surface area (Å²) in [5, 5.41) is 18.7. The molecule has 3 rings (SSSR count). The van der Waals surface area contributed by atoms with E-state index in [0.717, 1.165) is 5.56 Å². The molecule has 1 N–H and O–H groups in total. The highest BCUT2D eigenvalue weighted by molar-refractivity contribution is 6.10. The van der Waals surface area contributed by atoms with Crippen LogP contribution in [0.3, 0.4) is 0 Å². The minimum Gasteiger partial charge on any atom is -0.448 e. The van der Waals surface area contributed by atoms with Crippen molar-refractivity contribution in [3.8, 4) is 12.3 Å². The number of rotatable bonds is 8. The molecule has 152 valence electrons. The first kappa shape index (κ1) is 20.5. The number of carbonyl (C=O) groups excluding carboxylic acids is 1. The second-order valence-corrected chi connectivity index (χ2v) is 5.91. The van der Waals surface area contributed by atoms with E-state index in [4.69, 9.17) is 16.0 Å². The van der Waals surface area contributed by atoms with Gasteiger partial charge in [0, 0.05) is 12.0 Å². The van der Waals surface area contributed by atoms with Crippen LogP contribution in [0.1, 0.15) is 23.5 Å².